The quantitative estimate of drug-likeness (QED) is 0.875. The van der Waals surface area contributed by atoms with Crippen LogP contribution in [0.5, 0.6) is 0 Å². The van der Waals surface area contributed by atoms with Crippen molar-refractivity contribution in [3.05, 3.63) is 66.0 Å². The maximum Gasteiger partial charge on any atom is 0.0335 e. The third-order valence-electron chi connectivity index (χ3n) is 2.43. The molecular formula is C15H20N2. The summed E-state index contributed by atoms with van der Waals surface area (Å²) in [5.41, 5.74) is 8.51. The van der Waals surface area contributed by atoms with E-state index in [0.717, 1.165) is 6.42 Å². The van der Waals surface area contributed by atoms with Crippen LogP contribution < -0.4 is 5.73 Å². The minimum absolute atomic E-state index is 0.0635. The second kappa shape index (κ2) is 7.58. The zero-order valence-corrected chi connectivity index (χ0v) is 10.5. The van der Waals surface area contributed by atoms with Crippen molar-refractivity contribution in [1.82, 2.24) is 4.98 Å². The zero-order chi connectivity index (χ0) is 12.5. The van der Waals surface area contributed by atoms with Crippen molar-refractivity contribution in [3.8, 4) is 0 Å². The van der Waals surface area contributed by atoms with Gasteiger partial charge >= 0.3 is 0 Å². The summed E-state index contributed by atoms with van der Waals surface area (Å²) in [4.78, 5) is 3.98. The average molecular weight is 228 g/mol. The fourth-order valence-corrected chi connectivity index (χ4v) is 1.59. The van der Waals surface area contributed by atoms with E-state index >= 15 is 0 Å². The fourth-order valence-electron chi connectivity index (χ4n) is 1.59. The first-order valence-electron chi connectivity index (χ1n) is 6.05. The van der Waals surface area contributed by atoms with Gasteiger partial charge in [-0.15, -0.1) is 0 Å². The average Bonchev–Trinajstić information content (AvgIpc) is 2.43. The molecule has 0 aliphatic carbocycles. The molecule has 2 aromatic rings. The number of nitrogens with two attached hydrogens (primary N) is 1. The van der Waals surface area contributed by atoms with E-state index in [1.54, 1.807) is 12.4 Å². The summed E-state index contributed by atoms with van der Waals surface area (Å²) in [5, 5.41) is 0. The number of rotatable bonds is 3. The van der Waals surface area contributed by atoms with Crippen molar-refractivity contribution < 1.29 is 0 Å². The third-order valence-corrected chi connectivity index (χ3v) is 2.43. The van der Waals surface area contributed by atoms with Crippen LogP contribution in [0.15, 0.2) is 54.9 Å². The summed E-state index contributed by atoms with van der Waals surface area (Å²) in [5.74, 6) is 0. The first kappa shape index (κ1) is 13.4. The van der Waals surface area contributed by atoms with Crippen LogP contribution in [-0.4, -0.2) is 4.98 Å². The number of pyridine rings is 1. The van der Waals surface area contributed by atoms with Crippen molar-refractivity contribution in [2.45, 2.75) is 26.3 Å². The predicted molar refractivity (Wildman–Crippen MR) is 72.7 cm³/mol. The minimum atomic E-state index is 0.0635. The fraction of sp³-hybridized carbons (Fsp3) is 0.267. The van der Waals surface area contributed by atoms with Gasteiger partial charge in [-0.25, -0.2) is 0 Å². The molecule has 0 aliphatic rings. The highest BCUT2D eigenvalue weighted by Crippen LogP contribution is 2.14. The molecule has 1 atom stereocenters. The molecule has 0 amide bonds. The van der Waals surface area contributed by atoms with Crippen LogP contribution in [0, 0.1) is 0 Å². The van der Waals surface area contributed by atoms with Crippen LogP contribution in [0.2, 0.25) is 0 Å². The lowest BCUT2D eigenvalue weighted by Crippen LogP contribution is -2.13. The van der Waals surface area contributed by atoms with Crippen LogP contribution in [0.1, 0.15) is 31.0 Å². The molecule has 0 aliphatic heterocycles. The second-order valence-electron chi connectivity index (χ2n) is 3.58. The Morgan fingerprint density at radius 3 is 2.18 bits per heavy atom. The molecule has 90 valence electrons. The molecule has 2 N–H and O–H groups in total. The molecule has 0 radical (unpaired) electrons. The van der Waals surface area contributed by atoms with Crippen LogP contribution in [0.4, 0.5) is 0 Å². The molecule has 2 rings (SSSR count). The van der Waals surface area contributed by atoms with Gasteiger partial charge in [0.1, 0.15) is 0 Å². The molecule has 0 saturated heterocycles. The lowest BCUT2D eigenvalue weighted by molar-refractivity contribution is 0.721. The minimum Gasteiger partial charge on any atom is -0.324 e. The van der Waals surface area contributed by atoms with Crippen molar-refractivity contribution in [2.75, 3.05) is 0 Å². The number of hydrogen-bond acceptors (Lipinski definition) is 2. The van der Waals surface area contributed by atoms with Gasteiger partial charge in [0.15, 0.2) is 0 Å². The molecule has 0 spiro atoms. The Bertz CT molecular complexity index is 398. The van der Waals surface area contributed by atoms with Gasteiger partial charge in [-0.3, -0.25) is 4.98 Å². The summed E-state index contributed by atoms with van der Waals surface area (Å²) >= 11 is 0. The first-order valence-corrected chi connectivity index (χ1v) is 6.05. The second-order valence-corrected chi connectivity index (χ2v) is 3.58. The highest BCUT2D eigenvalue weighted by atomic mass is 14.6. The summed E-state index contributed by atoms with van der Waals surface area (Å²) in [6.07, 6.45) is 4.45. The van der Waals surface area contributed by atoms with E-state index in [1.165, 1.54) is 11.1 Å². The van der Waals surface area contributed by atoms with Gasteiger partial charge in [-0.2, -0.15) is 0 Å². The number of aromatic nitrogens is 1. The molecule has 1 aromatic heterocycles. The first-order chi connectivity index (χ1) is 8.36. The normalized spacial score (nSPS) is 11.2. The van der Waals surface area contributed by atoms with Crippen molar-refractivity contribution >= 4 is 0 Å². The standard InChI is InChI=1S/C13H14N2.C2H6/c14-13(12-4-2-1-3-5-12)10-11-6-8-15-9-7-11;1-2/h1-9,13H,10,14H2;1-2H3. The van der Waals surface area contributed by atoms with Gasteiger partial charge in [0.25, 0.3) is 0 Å². The molecule has 1 heterocycles. The zero-order valence-electron chi connectivity index (χ0n) is 10.5. The predicted octanol–water partition coefficient (Wildman–Crippen LogP) is 3.35. The maximum atomic E-state index is 6.11. The number of benzene rings is 1. The molecule has 2 heteroatoms. The Balaban J connectivity index is 0.000000686. The van der Waals surface area contributed by atoms with Crippen molar-refractivity contribution in [1.29, 1.82) is 0 Å². The lowest BCUT2D eigenvalue weighted by Gasteiger charge is -2.11. The van der Waals surface area contributed by atoms with E-state index in [0.29, 0.717) is 0 Å². The molecule has 1 aromatic carbocycles. The summed E-state index contributed by atoms with van der Waals surface area (Å²) < 4.78 is 0. The van der Waals surface area contributed by atoms with E-state index in [9.17, 15) is 0 Å². The van der Waals surface area contributed by atoms with E-state index in [4.69, 9.17) is 5.73 Å². The number of hydrogen-bond donors (Lipinski definition) is 1. The van der Waals surface area contributed by atoms with E-state index in [2.05, 4.69) is 17.1 Å². The van der Waals surface area contributed by atoms with Gasteiger partial charge in [-0.1, -0.05) is 44.2 Å². The summed E-state index contributed by atoms with van der Waals surface area (Å²) in [6.45, 7) is 4.00. The van der Waals surface area contributed by atoms with E-state index in [1.807, 2.05) is 44.2 Å². The maximum absolute atomic E-state index is 6.11. The van der Waals surface area contributed by atoms with E-state index in [-0.39, 0.29) is 6.04 Å². The monoisotopic (exact) mass is 228 g/mol. The largest absolute Gasteiger partial charge is 0.324 e. The highest BCUT2D eigenvalue weighted by molar-refractivity contribution is 5.21. The van der Waals surface area contributed by atoms with E-state index < -0.39 is 0 Å². The van der Waals surface area contributed by atoms with Gasteiger partial charge in [0.05, 0.1) is 0 Å². The van der Waals surface area contributed by atoms with Gasteiger partial charge in [0.2, 0.25) is 0 Å². The Morgan fingerprint density at radius 2 is 1.59 bits per heavy atom. The molecule has 0 bridgehead atoms. The van der Waals surface area contributed by atoms with Crippen molar-refractivity contribution in [2.24, 2.45) is 5.73 Å². The van der Waals surface area contributed by atoms with Crippen LogP contribution in [0.25, 0.3) is 0 Å². The SMILES string of the molecule is CC.NC(Cc1ccncc1)c1ccccc1. The topological polar surface area (TPSA) is 38.9 Å². The molecule has 0 fully saturated rings. The number of nitrogens with zero attached hydrogens (tertiary/aromatic N) is 1. The Hall–Kier alpha value is -1.67. The molecule has 2 nitrogen and oxygen atoms in total. The molecular weight excluding hydrogens is 208 g/mol. The smallest absolute Gasteiger partial charge is 0.0335 e. The van der Waals surface area contributed by atoms with Crippen LogP contribution >= 0.6 is 0 Å². The molecule has 0 saturated carbocycles. The Morgan fingerprint density at radius 1 is 1.00 bits per heavy atom. The Kier molecular flexibility index (Phi) is 5.97. The summed E-state index contributed by atoms with van der Waals surface area (Å²) in [7, 11) is 0. The Labute approximate surface area is 104 Å². The van der Waals surface area contributed by atoms with Crippen LogP contribution in [-0.2, 0) is 6.42 Å². The van der Waals surface area contributed by atoms with Gasteiger partial charge in [0, 0.05) is 18.4 Å². The summed E-state index contributed by atoms with van der Waals surface area (Å²) in [6, 6.07) is 14.2. The van der Waals surface area contributed by atoms with Crippen molar-refractivity contribution in [3.63, 3.8) is 0 Å². The molecule has 1 unspecified atom stereocenters. The molecule has 17 heavy (non-hydrogen) atoms. The van der Waals surface area contributed by atoms with Crippen LogP contribution in [0.3, 0.4) is 0 Å². The third kappa shape index (κ3) is 4.37. The highest BCUT2D eigenvalue weighted by Gasteiger charge is 2.05. The van der Waals surface area contributed by atoms with Gasteiger partial charge in [-0.05, 0) is 29.7 Å². The van der Waals surface area contributed by atoms with Gasteiger partial charge < -0.3 is 5.73 Å². The lowest BCUT2D eigenvalue weighted by atomic mass is 10.0.